The van der Waals surface area contributed by atoms with Crippen molar-refractivity contribution in [3.63, 3.8) is 0 Å². The summed E-state index contributed by atoms with van der Waals surface area (Å²) in [5.41, 5.74) is 0. The highest BCUT2D eigenvalue weighted by Gasteiger charge is 2.40. The number of hydrogen-bond acceptors (Lipinski definition) is 6. The minimum absolute atomic E-state index is 0.0281. The molecule has 3 heterocycles. The van der Waals surface area contributed by atoms with Crippen molar-refractivity contribution < 1.29 is 32.2 Å². The first-order chi connectivity index (χ1) is 12.8. The van der Waals surface area contributed by atoms with Crippen LogP contribution in [-0.4, -0.2) is 45.0 Å². The number of carbonyl (C=O) groups excluding carboxylic acids is 1. The molecule has 1 unspecified atom stereocenters. The monoisotopic (exact) mass is 384 g/mol. The lowest BCUT2D eigenvalue weighted by atomic mass is 10.2. The van der Waals surface area contributed by atoms with Gasteiger partial charge in [-0.25, -0.2) is 0 Å². The summed E-state index contributed by atoms with van der Waals surface area (Å²) < 4.78 is 55.8. The van der Waals surface area contributed by atoms with Crippen LogP contribution in [0, 0.1) is 0 Å². The molecule has 0 saturated heterocycles. The number of nitrogens with zero attached hydrogens (tertiary/aromatic N) is 4. The number of amides is 1. The van der Waals surface area contributed by atoms with Gasteiger partial charge in [-0.15, -0.1) is 10.2 Å². The van der Waals surface area contributed by atoms with Crippen molar-refractivity contribution in [3.05, 3.63) is 29.8 Å². The van der Waals surface area contributed by atoms with Crippen molar-refractivity contribution in [2.75, 3.05) is 13.3 Å². The zero-order chi connectivity index (χ0) is 19.2. The van der Waals surface area contributed by atoms with Crippen LogP contribution < -0.4 is 14.2 Å². The molecule has 1 aromatic heterocycles. The number of ether oxygens (including phenoxy) is 3. The predicted molar refractivity (Wildman–Crippen MR) is 83.1 cm³/mol. The van der Waals surface area contributed by atoms with Gasteiger partial charge in [-0.05, 0) is 19.1 Å². The number of rotatable bonds is 3. The molecule has 1 amide bonds. The molecule has 27 heavy (non-hydrogen) atoms. The fourth-order valence-electron chi connectivity index (χ4n) is 3.02. The van der Waals surface area contributed by atoms with E-state index < -0.39 is 18.1 Å². The van der Waals surface area contributed by atoms with Crippen molar-refractivity contribution in [2.45, 2.75) is 32.3 Å². The molecule has 0 N–H and O–H groups in total. The number of hydrogen-bond donors (Lipinski definition) is 0. The lowest BCUT2D eigenvalue weighted by molar-refractivity contribution is -0.148. The number of fused-ring (bicyclic) bond motifs is 2. The molecule has 0 spiro atoms. The Morgan fingerprint density at radius 1 is 1.22 bits per heavy atom. The molecule has 1 atom stereocenters. The van der Waals surface area contributed by atoms with Crippen molar-refractivity contribution >= 4 is 5.91 Å². The number of alkyl halides is 3. The van der Waals surface area contributed by atoms with E-state index in [1.165, 1.54) is 4.90 Å². The summed E-state index contributed by atoms with van der Waals surface area (Å²) in [4.78, 5) is 14.0. The topological polar surface area (TPSA) is 78.7 Å². The first-order valence-electron chi connectivity index (χ1n) is 8.17. The zero-order valence-electron chi connectivity index (χ0n) is 14.2. The van der Waals surface area contributed by atoms with Crippen LogP contribution in [0.4, 0.5) is 13.2 Å². The molecule has 0 aliphatic carbocycles. The number of halogens is 3. The van der Waals surface area contributed by atoms with Gasteiger partial charge in [0.05, 0.1) is 6.54 Å². The summed E-state index contributed by atoms with van der Waals surface area (Å²) in [7, 11) is 0. The Balaban J connectivity index is 1.43. The Bertz CT molecular complexity index is 883. The van der Waals surface area contributed by atoms with Crippen molar-refractivity contribution in [1.29, 1.82) is 0 Å². The second kappa shape index (κ2) is 6.32. The molecule has 0 fully saturated rings. The normalized spacial score (nSPS) is 16.8. The molecule has 8 nitrogen and oxygen atoms in total. The highest BCUT2D eigenvalue weighted by Crippen LogP contribution is 2.35. The van der Waals surface area contributed by atoms with Gasteiger partial charge >= 0.3 is 6.18 Å². The summed E-state index contributed by atoms with van der Waals surface area (Å²) in [5, 5.41) is 6.77. The Morgan fingerprint density at radius 3 is 2.78 bits per heavy atom. The van der Waals surface area contributed by atoms with Gasteiger partial charge in [-0.3, -0.25) is 4.79 Å². The maximum absolute atomic E-state index is 12.9. The van der Waals surface area contributed by atoms with Gasteiger partial charge in [0, 0.05) is 19.2 Å². The number of carbonyl (C=O) groups is 1. The van der Waals surface area contributed by atoms with Gasteiger partial charge in [0.1, 0.15) is 5.75 Å². The molecule has 144 valence electrons. The average Bonchev–Trinajstić information content (AvgIpc) is 3.26. The fraction of sp³-hybridized carbons (Fsp3) is 0.438. The number of aromatic nitrogens is 3. The van der Waals surface area contributed by atoms with Crippen molar-refractivity contribution in [3.8, 4) is 17.2 Å². The van der Waals surface area contributed by atoms with Gasteiger partial charge in [-0.1, -0.05) is 0 Å². The maximum atomic E-state index is 12.9. The van der Waals surface area contributed by atoms with Crippen molar-refractivity contribution in [1.82, 2.24) is 19.7 Å². The van der Waals surface area contributed by atoms with Crippen molar-refractivity contribution in [2.24, 2.45) is 0 Å². The summed E-state index contributed by atoms with van der Waals surface area (Å²) in [6.07, 6.45) is -5.41. The maximum Gasteiger partial charge on any atom is 0.451 e. The van der Waals surface area contributed by atoms with Crippen LogP contribution in [0.25, 0.3) is 0 Å². The van der Waals surface area contributed by atoms with E-state index >= 15 is 0 Å². The third-order valence-corrected chi connectivity index (χ3v) is 4.32. The van der Waals surface area contributed by atoms with Crippen LogP contribution in [-0.2, 0) is 24.1 Å². The van der Waals surface area contributed by atoms with Gasteiger partial charge in [0.25, 0.3) is 5.91 Å². The Morgan fingerprint density at radius 2 is 2.00 bits per heavy atom. The van der Waals surface area contributed by atoms with E-state index in [-0.39, 0.29) is 38.2 Å². The Labute approximate surface area is 151 Å². The molecule has 0 bridgehead atoms. The molecule has 11 heteroatoms. The van der Waals surface area contributed by atoms with E-state index in [4.69, 9.17) is 14.2 Å². The van der Waals surface area contributed by atoms with Crippen LogP contribution >= 0.6 is 0 Å². The first-order valence-corrected chi connectivity index (χ1v) is 8.17. The fourth-order valence-corrected chi connectivity index (χ4v) is 3.02. The molecule has 0 radical (unpaired) electrons. The van der Waals surface area contributed by atoms with Crippen LogP contribution in [0.1, 0.15) is 18.6 Å². The summed E-state index contributed by atoms with van der Waals surface area (Å²) in [6.45, 7) is 1.73. The largest absolute Gasteiger partial charge is 0.481 e. The van der Waals surface area contributed by atoms with E-state index in [0.717, 1.165) is 4.57 Å². The van der Waals surface area contributed by atoms with Gasteiger partial charge in [0.2, 0.25) is 12.6 Å². The van der Waals surface area contributed by atoms with Gasteiger partial charge in [0.15, 0.2) is 23.4 Å². The van der Waals surface area contributed by atoms with Crippen LogP contribution in [0.3, 0.4) is 0 Å². The van der Waals surface area contributed by atoms with E-state index in [0.29, 0.717) is 17.2 Å². The Hall–Kier alpha value is -2.98. The summed E-state index contributed by atoms with van der Waals surface area (Å²) in [5.74, 6) is 0.247. The average molecular weight is 384 g/mol. The van der Waals surface area contributed by atoms with Gasteiger partial charge in [-0.2, -0.15) is 13.2 Å². The lowest BCUT2D eigenvalue weighted by Crippen LogP contribution is -2.45. The van der Waals surface area contributed by atoms with Crippen LogP contribution in [0.5, 0.6) is 17.2 Å². The predicted octanol–water partition coefficient (Wildman–Crippen LogP) is 1.84. The van der Waals surface area contributed by atoms with E-state index in [2.05, 4.69) is 10.2 Å². The molecule has 0 saturated carbocycles. The summed E-state index contributed by atoms with van der Waals surface area (Å²) in [6, 6.07) is 4.95. The zero-order valence-corrected chi connectivity index (χ0v) is 14.2. The lowest BCUT2D eigenvalue weighted by Gasteiger charge is -2.30. The quantitative estimate of drug-likeness (QED) is 0.804. The molecule has 2 aliphatic rings. The third kappa shape index (κ3) is 3.24. The number of benzene rings is 1. The molecular weight excluding hydrogens is 369 g/mol. The van der Waals surface area contributed by atoms with Gasteiger partial charge < -0.3 is 23.7 Å². The van der Waals surface area contributed by atoms with E-state index in [1.807, 2.05) is 0 Å². The summed E-state index contributed by atoms with van der Waals surface area (Å²) >= 11 is 0. The minimum atomic E-state index is -4.58. The van der Waals surface area contributed by atoms with Crippen LogP contribution in [0.15, 0.2) is 18.2 Å². The van der Waals surface area contributed by atoms with E-state index in [1.54, 1.807) is 25.1 Å². The molecular formula is C16H15F3N4O4. The SMILES string of the molecule is CC(Oc1ccc2c(c1)OCO2)C(=O)N1CCn2c(nnc2C(F)(F)F)C1. The smallest absolute Gasteiger partial charge is 0.451 e. The second-order valence-corrected chi connectivity index (χ2v) is 6.12. The van der Waals surface area contributed by atoms with Crippen LogP contribution in [0.2, 0.25) is 0 Å². The standard InChI is InChI=1S/C16H15F3N4O4/c1-9(27-10-2-3-11-12(6-10)26-8-25-11)14(24)22-4-5-23-13(7-22)20-21-15(23)16(17,18)19/h2-3,6,9H,4-5,7-8H2,1H3. The third-order valence-electron chi connectivity index (χ3n) is 4.32. The molecule has 1 aromatic carbocycles. The molecule has 2 aromatic rings. The van der Waals surface area contributed by atoms with E-state index in [9.17, 15) is 18.0 Å². The Kier molecular flexibility index (Phi) is 4.08. The first kappa shape index (κ1) is 17.4. The minimum Gasteiger partial charge on any atom is -0.481 e. The second-order valence-electron chi connectivity index (χ2n) is 6.12. The highest BCUT2D eigenvalue weighted by molar-refractivity contribution is 5.81. The highest BCUT2D eigenvalue weighted by atomic mass is 19.4. The molecule has 2 aliphatic heterocycles. The molecule has 4 rings (SSSR count).